The van der Waals surface area contributed by atoms with E-state index >= 15 is 0 Å². The first-order valence-electron chi connectivity index (χ1n) is 6.15. The van der Waals surface area contributed by atoms with E-state index in [1.165, 1.54) is 0 Å². The Morgan fingerprint density at radius 2 is 2.22 bits per heavy atom. The van der Waals surface area contributed by atoms with Gasteiger partial charge in [0.15, 0.2) is 5.76 Å². The minimum atomic E-state index is -0.416. The summed E-state index contributed by atoms with van der Waals surface area (Å²) < 4.78 is 5.41. The van der Waals surface area contributed by atoms with Crippen LogP contribution in [0.25, 0.3) is 0 Å². The average Bonchev–Trinajstić information content (AvgIpc) is 2.87. The smallest absolute Gasteiger partial charge is 0.300 e. The van der Waals surface area contributed by atoms with E-state index in [0.717, 1.165) is 31.7 Å². The van der Waals surface area contributed by atoms with E-state index < -0.39 is 5.91 Å². The maximum atomic E-state index is 11.2. The topological polar surface area (TPSA) is 91.7 Å². The van der Waals surface area contributed by atoms with Crippen LogP contribution in [0.5, 0.6) is 0 Å². The van der Waals surface area contributed by atoms with Crippen molar-refractivity contribution < 1.29 is 14.3 Å². The number of hydrazine groups is 1. The summed E-state index contributed by atoms with van der Waals surface area (Å²) in [6, 6.07) is 3.42. The van der Waals surface area contributed by atoms with Gasteiger partial charge >= 0.3 is 5.91 Å². The van der Waals surface area contributed by atoms with Crippen molar-refractivity contribution in [3.63, 3.8) is 0 Å². The summed E-state index contributed by atoms with van der Waals surface area (Å²) in [5, 5.41) is 9.07. The highest BCUT2D eigenvalue weighted by molar-refractivity contribution is 5.90. The van der Waals surface area contributed by atoms with E-state index in [4.69, 9.17) is 15.4 Å². The zero-order chi connectivity index (χ0) is 13.0. The standard InChI is InChI=1S/C12H19N3O3/c13-14-12(17)11-2-1-10(18-11)7-15-5-3-9(8-16)4-6-15/h1-2,9,16H,3-8,13H2,(H,14,17). The lowest BCUT2D eigenvalue weighted by Gasteiger charge is -2.30. The molecule has 1 fully saturated rings. The second kappa shape index (κ2) is 5.99. The zero-order valence-corrected chi connectivity index (χ0v) is 10.3. The lowest BCUT2D eigenvalue weighted by molar-refractivity contribution is 0.0917. The highest BCUT2D eigenvalue weighted by Crippen LogP contribution is 2.19. The number of rotatable bonds is 4. The van der Waals surface area contributed by atoms with Gasteiger partial charge in [-0.1, -0.05) is 0 Å². The van der Waals surface area contributed by atoms with Gasteiger partial charge in [0.25, 0.3) is 0 Å². The molecular weight excluding hydrogens is 234 g/mol. The Bertz CT molecular complexity index is 397. The van der Waals surface area contributed by atoms with Gasteiger partial charge in [-0.05, 0) is 44.0 Å². The van der Waals surface area contributed by atoms with Crippen LogP contribution in [0.1, 0.15) is 29.2 Å². The third-order valence-corrected chi connectivity index (χ3v) is 3.36. The molecule has 1 amide bonds. The van der Waals surface area contributed by atoms with Gasteiger partial charge < -0.3 is 9.52 Å². The monoisotopic (exact) mass is 253 g/mol. The predicted octanol–water partition coefficient (Wildman–Crippen LogP) is 0.0874. The van der Waals surface area contributed by atoms with Gasteiger partial charge in [-0.15, -0.1) is 0 Å². The van der Waals surface area contributed by atoms with Gasteiger partial charge in [-0.25, -0.2) is 5.84 Å². The number of hydrogen-bond donors (Lipinski definition) is 3. The first-order chi connectivity index (χ1) is 8.72. The van der Waals surface area contributed by atoms with Crippen molar-refractivity contribution in [2.75, 3.05) is 19.7 Å². The molecule has 0 saturated carbocycles. The zero-order valence-electron chi connectivity index (χ0n) is 10.3. The van der Waals surface area contributed by atoms with Crippen LogP contribution in [0.2, 0.25) is 0 Å². The lowest BCUT2D eigenvalue weighted by Crippen LogP contribution is -2.34. The molecule has 0 spiro atoms. The number of carbonyl (C=O) groups is 1. The van der Waals surface area contributed by atoms with Crippen molar-refractivity contribution in [1.29, 1.82) is 0 Å². The highest BCUT2D eigenvalue weighted by Gasteiger charge is 2.19. The number of nitrogens with two attached hydrogens (primary N) is 1. The summed E-state index contributed by atoms with van der Waals surface area (Å²) in [5.74, 6) is 6.04. The molecule has 2 rings (SSSR count). The summed E-state index contributed by atoms with van der Waals surface area (Å²) >= 11 is 0. The molecule has 6 nitrogen and oxygen atoms in total. The van der Waals surface area contributed by atoms with Crippen molar-refractivity contribution in [3.8, 4) is 0 Å². The molecule has 6 heteroatoms. The van der Waals surface area contributed by atoms with Crippen LogP contribution < -0.4 is 11.3 Å². The number of likely N-dealkylation sites (tertiary alicyclic amines) is 1. The summed E-state index contributed by atoms with van der Waals surface area (Å²) in [6.07, 6.45) is 2.01. The number of nitrogens with one attached hydrogen (secondary N) is 1. The number of furan rings is 1. The first kappa shape index (κ1) is 13.1. The molecule has 0 aromatic carbocycles. The number of hydrogen-bond acceptors (Lipinski definition) is 5. The van der Waals surface area contributed by atoms with Crippen molar-refractivity contribution in [1.82, 2.24) is 10.3 Å². The lowest BCUT2D eigenvalue weighted by atomic mass is 9.98. The Morgan fingerprint density at radius 1 is 1.50 bits per heavy atom. The first-order valence-corrected chi connectivity index (χ1v) is 6.15. The number of piperidine rings is 1. The van der Waals surface area contributed by atoms with E-state index in [1.54, 1.807) is 12.1 Å². The number of carbonyl (C=O) groups excluding carboxylic acids is 1. The summed E-state index contributed by atoms with van der Waals surface area (Å²) in [4.78, 5) is 13.5. The minimum absolute atomic E-state index is 0.234. The largest absolute Gasteiger partial charge is 0.455 e. The van der Waals surface area contributed by atoms with Gasteiger partial charge in [0.1, 0.15) is 5.76 Å². The summed E-state index contributed by atoms with van der Waals surface area (Å²) in [7, 11) is 0. The molecule has 1 aliphatic heterocycles. The van der Waals surface area contributed by atoms with Gasteiger partial charge in [-0.2, -0.15) is 0 Å². The predicted molar refractivity (Wildman–Crippen MR) is 65.4 cm³/mol. The second-order valence-electron chi connectivity index (χ2n) is 4.64. The SMILES string of the molecule is NNC(=O)c1ccc(CN2CCC(CO)CC2)o1. The fourth-order valence-corrected chi connectivity index (χ4v) is 2.20. The molecular formula is C12H19N3O3. The second-order valence-corrected chi connectivity index (χ2v) is 4.64. The van der Waals surface area contributed by atoms with Crippen LogP contribution in [0, 0.1) is 5.92 Å². The Balaban J connectivity index is 1.86. The van der Waals surface area contributed by atoms with Crippen LogP contribution in [0.15, 0.2) is 16.5 Å². The third-order valence-electron chi connectivity index (χ3n) is 3.36. The van der Waals surface area contributed by atoms with E-state index in [0.29, 0.717) is 12.5 Å². The summed E-state index contributed by atoms with van der Waals surface area (Å²) in [5.41, 5.74) is 2.04. The van der Waals surface area contributed by atoms with Crippen LogP contribution in [-0.4, -0.2) is 35.6 Å². The van der Waals surface area contributed by atoms with Crippen LogP contribution in [-0.2, 0) is 6.54 Å². The molecule has 0 unspecified atom stereocenters. The number of aliphatic hydroxyl groups excluding tert-OH is 1. The van der Waals surface area contributed by atoms with E-state index in [9.17, 15) is 4.79 Å². The van der Waals surface area contributed by atoms with Crippen molar-refractivity contribution >= 4 is 5.91 Å². The van der Waals surface area contributed by atoms with Crippen molar-refractivity contribution in [3.05, 3.63) is 23.7 Å². The van der Waals surface area contributed by atoms with Gasteiger partial charge in [0.2, 0.25) is 0 Å². The maximum absolute atomic E-state index is 11.2. The molecule has 1 saturated heterocycles. The Hall–Kier alpha value is -1.37. The number of amides is 1. The molecule has 4 N–H and O–H groups in total. The molecule has 100 valence electrons. The normalized spacial score (nSPS) is 17.9. The molecule has 0 radical (unpaired) electrons. The molecule has 1 aromatic rings. The number of nitrogen functional groups attached to an aromatic ring is 1. The summed E-state index contributed by atoms with van der Waals surface area (Å²) in [6.45, 7) is 2.86. The maximum Gasteiger partial charge on any atom is 0.300 e. The fourth-order valence-electron chi connectivity index (χ4n) is 2.20. The van der Waals surface area contributed by atoms with Crippen molar-refractivity contribution in [2.45, 2.75) is 19.4 Å². The van der Waals surface area contributed by atoms with E-state index in [-0.39, 0.29) is 12.4 Å². The van der Waals surface area contributed by atoms with Crippen LogP contribution >= 0.6 is 0 Å². The third kappa shape index (κ3) is 3.10. The molecule has 1 aliphatic rings. The van der Waals surface area contributed by atoms with E-state index in [2.05, 4.69) is 4.90 Å². The Morgan fingerprint density at radius 3 is 2.83 bits per heavy atom. The Kier molecular flexibility index (Phi) is 4.35. The Labute approximate surface area is 106 Å². The molecule has 0 atom stereocenters. The van der Waals surface area contributed by atoms with Gasteiger partial charge in [0, 0.05) is 6.61 Å². The molecule has 1 aromatic heterocycles. The van der Waals surface area contributed by atoms with Crippen LogP contribution in [0.3, 0.4) is 0 Å². The van der Waals surface area contributed by atoms with Gasteiger partial charge in [0.05, 0.1) is 6.54 Å². The highest BCUT2D eigenvalue weighted by atomic mass is 16.4. The molecule has 0 aliphatic carbocycles. The number of aliphatic hydroxyl groups is 1. The molecule has 2 heterocycles. The number of nitrogens with zero attached hydrogens (tertiary/aromatic N) is 1. The van der Waals surface area contributed by atoms with Gasteiger partial charge in [-0.3, -0.25) is 15.1 Å². The fraction of sp³-hybridized carbons (Fsp3) is 0.583. The van der Waals surface area contributed by atoms with Crippen LogP contribution in [0.4, 0.5) is 0 Å². The van der Waals surface area contributed by atoms with E-state index in [1.807, 2.05) is 5.43 Å². The quantitative estimate of drug-likeness (QED) is 0.402. The van der Waals surface area contributed by atoms with Crippen molar-refractivity contribution in [2.24, 2.45) is 11.8 Å². The average molecular weight is 253 g/mol. The molecule has 0 bridgehead atoms. The molecule has 18 heavy (non-hydrogen) atoms. The minimum Gasteiger partial charge on any atom is -0.455 e.